The lowest BCUT2D eigenvalue weighted by atomic mass is 9.83. The van der Waals surface area contributed by atoms with Crippen LogP contribution in [0.3, 0.4) is 0 Å². The van der Waals surface area contributed by atoms with Crippen LogP contribution in [-0.2, 0) is 14.0 Å². The van der Waals surface area contributed by atoms with Crippen molar-refractivity contribution in [1.82, 2.24) is 0 Å². The molecule has 1 rings (SSSR count). The predicted molar refractivity (Wildman–Crippen MR) is 187 cm³/mol. The van der Waals surface area contributed by atoms with E-state index in [1.165, 1.54) is 25.3 Å². The summed E-state index contributed by atoms with van der Waals surface area (Å²) in [6, 6.07) is 0. The maximum absolute atomic E-state index is 12.4. The van der Waals surface area contributed by atoms with Crippen molar-refractivity contribution in [2.45, 2.75) is 161 Å². The Kier molecular flexibility index (Phi) is 15.7. The number of carbonyl (C=O) groups excluding carboxylic acids is 1. The van der Waals surface area contributed by atoms with Gasteiger partial charge in [0.15, 0.2) is 16.6 Å². The normalized spacial score (nSPS) is 23.6. The van der Waals surface area contributed by atoms with Gasteiger partial charge in [-0.2, -0.15) is 0 Å². The van der Waals surface area contributed by atoms with E-state index >= 15 is 0 Å². The molecule has 0 aromatic rings. The first-order valence-electron chi connectivity index (χ1n) is 16.8. The highest BCUT2D eigenvalue weighted by atomic mass is 28.4. The molecule has 6 atom stereocenters. The molecule has 0 bridgehead atoms. The van der Waals surface area contributed by atoms with Crippen LogP contribution in [0.4, 0.5) is 0 Å². The number of hydrogen-bond acceptors (Lipinski definition) is 4. The summed E-state index contributed by atoms with van der Waals surface area (Å²) in [7, 11) is -4.41. The highest BCUT2D eigenvalue weighted by molar-refractivity contribution is 6.74. The van der Waals surface area contributed by atoms with Crippen molar-refractivity contribution in [2.75, 3.05) is 0 Å². The van der Waals surface area contributed by atoms with Gasteiger partial charge in [-0.1, -0.05) is 99.0 Å². The molecular weight excluding hydrogens is 553 g/mol. The highest BCUT2D eigenvalue weighted by Gasteiger charge is 2.48. The zero-order valence-electron chi connectivity index (χ0n) is 29.4. The van der Waals surface area contributed by atoms with Gasteiger partial charge in [0.2, 0.25) is 0 Å². The molecule has 0 saturated heterocycles. The largest absolute Gasteiger partial charge is 0.459 e. The van der Waals surface area contributed by atoms with Crippen LogP contribution in [0.1, 0.15) is 113 Å². The van der Waals surface area contributed by atoms with E-state index in [-0.39, 0.29) is 40.1 Å². The second-order valence-corrected chi connectivity index (χ2v) is 25.1. The van der Waals surface area contributed by atoms with E-state index < -0.39 is 16.6 Å². The molecule has 0 unspecified atom stereocenters. The molecule has 4 nitrogen and oxygen atoms in total. The molecular formula is C36H68O4Si2. The van der Waals surface area contributed by atoms with Gasteiger partial charge in [0.25, 0.3) is 0 Å². The topological polar surface area (TPSA) is 55.8 Å². The van der Waals surface area contributed by atoms with Gasteiger partial charge in [-0.15, -0.1) is 6.58 Å². The van der Waals surface area contributed by atoms with Crippen LogP contribution in [0, 0.1) is 23.7 Å². The summed E-state index contributed by atoms with van der Waals surface area (Å²) in [6.07, 6.45) is 18.8. The number of hydrogen-bond donors (Lipinski definition) is 1. The average molecular weight is 621 g/mol. The molecule has 0 radical (unpaired) electrons. The SMILES string of the molecule is C=CCCCC[C@@H]1[C@@H](/C=C/[C@H](C[C@@H](C)CCCC)CC(C)(C)[Si](C)(C)O)[C@H](O[Si](C)(C)C(C)(C)C)C[C@@H]1OC(=O)C=C. The fourth-order valence-electron chi connectivity index (χ4n) is 6.02. The third-order valence-corrected chi connectivity index (χ3v) is 18.6. The van der Waals surface area contributed by atoms with E-state index in [0.717, 1.165) is 44.9 Å². The first-order chi connectivity index (χ1) is 19.3. The average Bonchev–Trinajstić information content (AvgIpc) is 3.16. The Morgan fingerprint density at radius 1 is 1.05 bits per heavy atom. The summed E-state index contributed by atoms with van der Waals surface area (Å²) in [5.74, 6) is 1.07. The van der Waals surface area contributed by atoms with Gasteiger partial charge < -0.3 is 14.0 Å². The number of carbonyl (C=O) groups is 1. The van der Waals surface area contributed by atoms with E-state index in [1.54, 1.807) is 0 Å². The molecule has 1 fully saturated rings. The molecule has 0 heterocycles. The summed E-state index contributed by atoms with van der Waals surface area (Å²) >= 11 is 0. The van der Waals surface area contributed by atoms with Gasteiger partial charge in [-0.05, 0) is 80.2 Å². The Morgan fingerprint density at radius 2 is 1.69 bits per heavy atom. The molecule has 0 amide bonds. The van der Waals surface area contributed by atoms with Crippen LogP contribution in [0.15, 0.2) is 37.5 Å². The molecule has 244 valence electrons. The van der Waals surface area contributed by atoms with Crippen molar-refractivity contribution in [3.05, 3.63) is 37.5 Å². The first-order valence-corrected chi connectivity index (χ1v) is 22.7. The molecule has 1 aliphatic rings. The minimum atomic E-state index is -2.35. The minimum Gasteiger partial charge on any atom is -0.459 e. The van der Waals surface area contributed by atoms with Crippen molar-refractivity contribution < 1.29 is 18.8 Å². The third kappa shape index (κ3) is 12.2. The Labute approximate surface area is 263 Å². The van der Waals surface area contributed by atoms with E-state index in [1.807, 2.05) is 6.08 Å². The summed E-state index contributed by atoms with van der Waals surface area (Å²) in [5.41, 5.74) is 0. The Hall–Kier alpha value is -0.956. The summed E-state index contributed by atoms with van der Waals surface area (Å²) < 4.78 is 13.2. The number of esters is 1. The Bertz CT molecular complexity index is 865. The second-order valence-electron chi connectivity index (χ2n) is 15.9. The number of allylic oxidation sites excluding steroid dienone is 2. The van der Waals surface area contributed by atoms with Gasteiger partial charge in [-0.25, -0.2) is 4.79 Å². The molecule has 0 aromatic carbocycles. The molecule has 1 saturated carbocycles. The van der Waals surface area contributed by atoms with Crippen LogP contribution in [0.2, 0.25) is 36.3 Å². The van der Waals surface area contributed by atoms with Crippen molar-refractivity contribution in [3.63, 3.8) is 0 Å². The van der Waals surface area contributed by atoms with E-state index in [9.17, 15) is 9.59 Å². The minimum absolute atomic E-state index is 0.0176. The van der Waals surface area contributed by atoms with Crippen molar-refractivity contribution in [3.8, 4) is 0 Å². The van der Waals surface area contributed by atoms with Gasteiger partial charge in [0, 0.05) is 24.3 Å². The van der Waals surface area contributed by atoms with Gasteiger partial charge >= 0.3 is 5.97 Å². The zero-order valence-corrected chi connectivity index (χ0v) is 31.4. The number of ether oxygens (including phenoxy) is 1. The number of rotatable bonds is 19. The first kappa shape index (κ1) is 39.1. The molecule has 6 heteroatoms. The van der Waals surface area contributed by atoms with Gasteiger partial charge in [0.1, 0.15) is 6.10 Å². The lowest BCUT2D eigenvalue weighted by Gasteiger charge is -2.40. The fourth-order valence-corrected chi connectivity index (χ4v) is 8.15. The third-order valence-electron chi connectivity index (χ3n) is 10.5. The molecule has 42 heavy (non-hydrogen) atoms. The number of unbranched alkanes of at least 4 members (excludes halogenated alkanes) is 3. The molecule has 0 spiro atoms. The zero-order chi connectivity index (χ0) is 32.4. The lowest BCUT2D eigenvalue weighted by molar-refractivity contribution is -0.145. The van der Waals surface area contributed by atoms with E-state index in [4.69, 9.17) is 9.16 Å². The standard InChI is InChI=1S/C36H68O4Si2/c1-14-17-19-20-22-30-31(33(26-32(30)39-34(37)16-3)40-42(12,13)35(5,6)7)24-23-29(25-28(4)21-18-15-2)27-36(8,9)41(10,11)38/h14,16,23-24,28-33,38H,1,3,15,17-22,25-27H2,2,4-13H3/b24-23+/t28-,29+,30+,31+,32-,33+/m0/s1. The molecule has 0 aromatic heterocycles. The van der Waals surface area contributed by atoms with Crippen LogP contribution in [0.25, 0.3) is 0 Å². The van der Waals surface area contributed by atoms with Crippen molar-refractivity contribution in [1.29, 1.82) is 0 Å². The van der Waals surface area contributed by atoms with Crippen molar-refractivity contribution in [2.24, 2.45) is 23.7 Å². The predicted octanol–water partition coefficient (Wildman–Crippen LogP) is 10.6. The Morgan fingerprint density at radius 3 is 2.21 bits per heavy atom. The summed E-state index contributed by atoms with van der Waals surface area (Å²) in [6.45, 7) is 32.4. The quantitative estimate of drug-likeness (QED) is 0.0513. The maximum Gasteiger partial charge on any atom is 0.330 e. The monoisotopic (exact) mass is 620 g/mol. The molecule has 0 aliphatic heterocycles. The highest BCUT2D eigenvalue weighted by Crippen LogP contribution is 2.47. The van der Waals surface area contributed by atoms with Crippen molar-refractivity contribution >= 4 is 22.6 Å². The summed E-state index contributed by atoms with van der Waals surface area (Å²) in [4.78, 5) is 23.6. The maximum atomic E-state index is 12.4. The molecule has 1 N–H and O–H groups in total. The van der Waals surface area contributed by atoms with Gasteiger partial charge in [0.05, 0.1) is 6.10 Å². The second kappa shape index (κ2) is 16.9. The van der Waals surface area contributed by atoms with Gasteiger partial charge in [-0.3, -0.25) is 0 Å². The summed E-state index contributed by atoms with van der Waals surface area (Å²) in [5, 5.41) is 0.000518. The van der Waals surface area contributed by atoms with Crippen LogP contribution >= 0.6 is 0 Å². The van der Waals surface area contributed by atoms with Crippen LogP contribution < -0.4 is 0 Å². The van der Waals surface area contributed by atoms with E-state index in [2.05, 4.69) is 100.0 Å². The lowest BCUT2D eigenvalue weighted by Crippen LogP contribution is -2.45. The Balaban J connectivity index is 3.51. The fraction of sp³-hybridized carbons (Fsp3) is 0.806. The van der Waals surface area contributed by atoms with E-state index in [0.29, 0.717) is 11.8 Å². The molecule has 1 aliphatic carbocycles. The van der Waals surface area contributed by atoms with Crippen LogP contribution in [0.5, 0.6) is 0 Å². The smallest absolute Gasteiger partial charge is 0.330 e. The van der Waals surface area contributed by atoms with Crippen LogP contribution in [-0.4, -0.2) is 39.6 Å².